The molecular weight excluding hydrogens is 520 g/mol. The second-order valence-corrected chi connectivity index (χ2v) is 9.59. The van der Waals surface area contributed by atoms with E-state index in [9.17, 15) is 4.79 Å². The van der Waals surface area contributed by atoms with Crippen molar-refractivity contribution in [1.82, 2.24) is 25.2 Å². The first kappa shape index (κ1) is 33.5. The molecule has 1 aliphatic heterocycles. The van der Waals surface area contributed by atoms with E-state index in [0.717, 1.165) is 32.7 Å². The molecule has 0 saturated carbocycles. The minimum Gasteiger partial charge on any atom is -0.395 e. The molecule has 12 heteroatoms. The van der Waals surface area contributed by atoms with Crippen LogP contribution in [0.5, 0.6) is 0 Å². The molecular formula is C27H38N6O5S. The Morgan fingerprint density at radius 1 is 1.05 bits per heavy atom. The fraction of sp³-hybridized carbons (Fsp3) is 0.370. The van der Waals surface area contributed by atoms with Crippen LogP contribution in [-0.2, 0) is 16.1 Å². The quantitative estimate of drug-likeness (QED) is 0.292. The lowest BCUT2D eigenvalue weighted by atomic mass is 10.1. The lowest BCUT2D eigenvalue weighted by Crippen LogP contribution is -2.45. The summed E-state index contributed by atoms with van der Waals surface area (Å²) in [6, 6.07) is 10.8. The number of likely N-dealkylation sites (N-methyl/N-ethyl adjacent to an activating group) is 2. The monoisotopic (exact) mass is 558 g/mol. The summed E-state index contributed by atoms with van der Waals surface area (Å²) < 4.78 is 0. The van der Waals surface area contributed by atoms with Crippen LogP contribution in [0, 0.1) is 6.92 Å². The molecule has 1 aromatic carbocycles. The number of aryl methyl sites for hydroxylation is 1. The summed E-state index contributed by atoms with van der Waals surface area (Å²) in [7, 11) is 4.11. The number of hydrogen-bond acceptors (Lipinski definition) is 11. The van der Waals surface area contributed by atoms with Crippen molar-refractivity contribution < 1.29 is 24.7 Å². The lowest BCUT2D eigenvalue weighted by molar-refractivity contribution is -0.0987. The Kier molecular flexibility index (Phi) is 16.0. The summed E-state index contributed by atoms with van der Waals surface area (Å²) in [5, 5.41) is 19.5. The number of aliphatic hydroxyl groups is 1. The normalized spacial score (nSPS) is 12.7. The number of rotatable bonds is 7. The van der Waals surface area contributed by atoms with Gasteiger partial charge in [0.1, 0.15) is 13.6 Å². The second kappa shape index (κ2) is 18.7. The van der Waals surface area contributed by atoms with Crippen LogP contribution in [0.1, 0.15) is 20.8 Å². The highest BCUT2D eigenvalue weighted by atomic mass is 32.1. The van der Waals surface area contributed by atoms with Gasteiger partial charge in [0.2, 0.25) is 5.95 Å². The van der Waals surface area contributed by atoms with E-state index in [4.69, 9.17) is 19.9 Å². The number of carbonyl (C=O) groups is 3. The summed E-state index contributed by atoms with van der Waals surface area (Å²) in [6.45, 7) is 11.6. The van der Waals surface area contributed by atoms with Crippen molar-refractivity contribution in [2.75, 3.05) is 58.3 Å². The molecule has 0 unspecified atom stereocenters. The number of aromatic nitrogens is 2. The van der Waals surface area contributed by atoms with Crippen molar-refractivity contribution >= 4 is 36.8 Å². The third kappa shape index (κ3) is 11.0. The Morgan fingerprint density at radius 2 is 1.64 bits per heavy atom. The largest absolute Gasteiger partial charge is 0.395 e. The number of hydroxylamine groups is 1. The van der Waals surface area contributed by atoms with Gasteiger partial charge in [-0.2, -0.15) is 0 Å². The first-order valence-corrected chi connectivity index (χ1v) is 13.0. The zero-order valence-corrected chi connectivity index (χ0v) is 23.6. The Labute approximate surface area is 233 Å². The molecule has 39 heavy (non-hydrogen) atoms. The number of hydrogen-bond donors (Lipinski definition) is 3. The van der Waals surface area contributed by atoms with E-state index < -0.39 is 5.91 Å². The average molecular weight is 559 g/mol. The molecule has 1 saturated heterocycles. The first-order chi connectivity index (χ1) is 18.9. The predicted octanol–water partition coefficient (Wildman–Crippen LogP) is 2.13. The Balaban J connectivity index is 0.000000347. The van der Waals surface area contributed by atoms with Crippen LogP contribution >= 0.6 is 11.3 Å². The summed E-state index contributed by atoms with van der Waals surface area (Å²) in [5.41, 5.74) is 5.66. The first-order valence-electron chi connectivity index (χ1n) is 12.1. The van der Waals surface area contributed by atoms with Crippen molar-refractivity contribution in [2.24, 2.45) is 0 Å². The van der Waals surface area contributed by atoms with E-state index in [1.54, 1.807) is 16.8 Å². The molecule has 11 nitrogen and oxygen atoms in total. The molecule has 0 atom stereocenters. The van der Waals surface area contributed by atoms with Gasteiger partial charge in [-0.15, -0.1) is 11.3 Å². The molecule has 0 aliphatic carbocycles. The third-order valence-electron chi connectivity index (χ3n) is 5.79. The summed E-state index contributed by atoms with van der Waals surface area (Å²) >= 11 is 1.78. The smallest absolute Gasteiger partial charge is 0.277 e. The molecule has 0 radical (unpaired) electrons. The Hall–Kier alpha value is -3.55. The molecule has 4 rings (SSSR count). The molecule has 1 fully saturated rings. The maximum atomic E-state index is 11.1. The van der Waals surface area contributed by atoms with E-state index in [0.29, 0.717) is 12.5 Å². The molecule has 1 amide bonds. The van der Waals surface area contributed by atoms with Crippen LogP contribution in [-0.4, -0.2) is 103 Å². The Bertz CT molecular complexity index is 1090. The fourth-order valence-electron chi connectivity index (χ4n) is 3.62. The van der Waals surface area contributed by atoms with E-state index in [2.05, 4.69) is 74.4 Å². The topological polar surface area (TPSA) is 139 Å². The standard InChI is InChI=1S/C15H19NOS.C10H15N5O2.2CH2O/c1-12-3-5-13(6-4-12)14-7-10-18-15(14)11-16(2)8-9-17;1-14-2-4-15(5-3-14)10-11-6-8(7-12-10)9(16)13-17;2*1-2/h3-7,10,17H,8-9,11H2,1-2H3;6-7,17H,2-5H2,1H3,(H,13,16);2*1H2. The molecule has 212 valence electrons. The summed E-state index contributed by atoms with van der Waals surface area (Å²) in [5.74, 6) is 0.0162. The second-order valence-electron chi connectivity index (χ2n) is 8.59. The number of benzene rings is 1. The number of carbonyl (C=O) groups excluding carboxylic acids is 3. The van der Waals surface area contributed by atoms with Crippen LogP contribution in [0.2, 0.25) is 0 Å². The molecule has 3 aromatic rings. The minimum atomic E-state index is -0.602. The van der Waals surface area contributed by atoms with Gasteiger partial charge in [0.25, 0.3) is 5.91 Å². The van der Waals surface area contributed by atoms with Crippen LogP contribution in [0.4, 0.5) is 5.95 Å². The van der Waals surface area contributed by atoms with Crippen molar-refractivity contribution in [3.63, 3.8) is 0 Å². The summed E-state index contributed by atoms with van der Waals surface area (Å²) in [6.07, 6.45) is 2.82. The van der Waals surface area contributed by atoms with Gasteiger partial charge in [-0.05, 0) is 43.6 Å². The van der Waals surface area contributed by atoms with Gasteiger partial charge >= 0.3 is 0 Å². The maximum absolute atomic E-state index is 11.1. The molecule has 2 aromatic heterocycles. The predicted molar refractivity (Wildman–Crippen MR) is 153 cm³/mol. The number of anilines is 1. The van der Waals surface area contributed by atoms with Gasteiger partial charge in [-0.3, -0.25) is 14.9 Å². The van der Waals surface area contributed by atoms with Gasteiger partial charge in [-0.1, -0.05) is 29.8 Å². The van der Waals surface area contributed by atoms with Crippen LogP contribution in [0.25, 0.3) is 11.1 Å². The molecule has 0 bridgehead atoms. The van der Waals surface area contributed by atoms with Gasteiger partial charge < -0.3 is 24.5 Å². The SMILES string of the molecule is C=O.C=O.CN1CCN(c2ncc(C(=O)NO)cn2)CC1.Cc1ccc(-c2ccsc2CN(C)CCO)cc1. The zero-order chi connectivity index (χ0) is 29.2. The lowest BCUT2D eigenvalue weighted by Gasteiger charge is -2.32. The number of nitrogens with zero attached hydrogens (tertiary/aromatic N) is 5. The Morgan fingerprint density at radius 3 is 2.18 bits per heavy atom. The van der Waals surface area contributed by atoms with Gasteiger partial charge in [0.15, 0.2) is 0 Å². The highest BCUT2D eigenvalue weighted by Crippen LogP contribution is 2.29. The average Bonchev–Trinajstić information content (AvgIpc) is 3.44. The summed E-state index contributed by atoms with van der Waals surface area (Å²) in [4.78, 5) is 43.1. The molecule has 1 aliphatic rings. The highest BCUT2D eigenvalue weighted by Gasteiger charge is 2.16. The van der Waals surface area contributed by atoms with Crippen LogP contribution in [0.3, 0.4) is 0 Å². The number of nitrogens with one attached hydrogen (secondary N) is 1. The van der Waals surface area contributed by atoms with E-state index >= 15 is 0 Å². The molecule has 0 spiro atoms. The molecule has 3 N–H and O–H groups in total. The van der Waals surface area contributed by atoms with Gasteiger partial charge in [0.05, 0.1) is 12.2 Å². The zero-order valence-electron chi connectivity index (χ0n) is 22.7. The van der Waals surface area contributed by atoms with Gasteiger partial charge in [0, 0.05) is 56.5 Å². The van der Waals surface area contributed by atoms with Crippen molar-refractivity contribution in [1.29, 1.82) is 0 Å². The number of piperazine rings is 1. The van der Waals surface area contributed by atoms with Crippen molar-refractivity contribution in [3.05, 3.63) is 64.1 Å². The highest BCUT2D eigenvalue weighted by molar-refractivity contribution is 7.10. The third-order valence-corrected chi connectivity index (χ3v) is 6.70. The minimum absolute atomic E-state index is 0.210. The van der Waals surface area contributed by atoms with Crippen LogP contribution in [0.15, 0.2) is 48.1 Å². The van der Waals surface area contributed by atoms with Crippen molar-refractivity contribution in [3.8, 4) is 11.1 Å². The maximum Gasteiger partial charge on any atom is 0.277 e. The van der Waals surface area contributed by atoms with Gasteiger partial charge in [-0.25, -0.2) is 15.4 Å². The van der Waals surface area contributed by atoms with Crippen molar-refractivity contribution in [2.45, 2.75) is 13.5 Å². The van der Waals surface area contributed by atoms with E-state index in [1.165, 1.54) is 34.0 Å². The number of amides is 1. The fourth-order valence-corrected chi connectivity index (χ4v) is 4.60. The van der Waals surface area contributed by atoms with Crippen LogP contribution < -0.4 is 10.4 Å². The molecule has 3 heterocycles. The van der Waals surface area contributed by atoms with E-state index in [-0.39, 0.29) is 12.2 Å². The van der Waals surface area contributed by atoms with E-state index in [1.807, 2.05) is 20.6 Å². The number of thiophene rings is 1. The number of aliphatic hydroxyl groups excluding tert-OH is 1.